The van der Waals surface area contributed by atoms with Gasteiger partial charge in [-0.25, -0.2) is 0 Å². The molecule has 0 aliphatic heterocycles. The molecule has 0 heterocycles. The summed E-state index contributed by atoms with van der Waals surface area (Å²) in [4.78, 5) is 25.4. The van der Waals surface area contributed by atoms with Crippen LogP contribution >= 0.6 is 0 Å². The van der Waals surface area contributed by atoms with Gasteiger partial charge in [-0.1, -0.05) is 46.8 Å². The maximum Gasteiger partial charge on any atom is 0.309 e. The third-order valence-electron chi connectivity index (χ3n) is 13.6. The molecule has 5 aliphatic rings. The quantitative estimate of drug-likeness (QED) is 0.425. The molecule has 5 heteroatoms. The van der Waals surface area contributed by atoms with E-state index in [9.17, 15) is 24.9 Å². The fourth-order valence-corrected chi connectivity index (χ4v) is 11.8. The average Bonchev–Trinajstić information content (AvgIpc) is 3.21. The van der Waals surface area contributed by atoms with Gasteiger partial charge in [0.25, 0.3) is 0 Å². The van der Waals surface area contributed by atoms with Crippen molar-refractivity contribution in [3.8, 4) is 0 Å². The fourth-order valence-electron chi connectivity index (χ4n) is 11.8. The van der Waals surface area contributed by atoms with E-state index in [0.29, 0.717) is 12.3 Å². The molecule has 0 aromatic rings. The lowest BCUT2D eigenvalue weighted by molar-refractivity contribution is -0.228. The van der Waals surface area contributed by atoms with E-state index in [4.69, 9.17) is 0 Å². The first kappa shape index (κ1) is 25.3. The van der Waals surface area contributed by atoms with Gasteiger partial charge in [0.2, 0.25) is 0 Å². The fraction of sp³-hybridized carbons (Fsp3) is 0.867. The van der Waals surface area contributed by atoms with Gasteiger partial charge in [-0.05, 0) is 110 Å². The minimum atomic E-state index is -0.862. The van der Waals surface area contributed by atoms with E-state index in [2.05, 4.69) is 48.1 Å². The second-order valence-electron chi connectivity index (χ2n) is 14.6. The summed E-state index contributed by atoms with van der Waals surface area (Å²) >= 11 is 0. The topological polar surface area (TPSA) is 94.8 Å². The molecular weight excluding hydrogens is 440 g/mol. The highest BCUT2D eigenvalue weighted by Crippen LogP contribution is 2.79. The van der Waals surface area contributed by atoms with Gasteiger partial charge in [-0.15, -0.1) is 0 Å². The Labute approximate surface area is 210 Å². The molecule has 5 aliphatic carbocycles. The number of rotatable bonds is 3. The normalized spacial score (nSPS) is 54.2. The van der Waals surface area contributed by atoms with E-state index in [0.717, 1.165) is 50.5 Å². The van der Waals surface area contributed by atoms with Crippen LogP contribution in [0, 0.1) is 62.6 Å². The van der Waals surface area contributed by atoms with Gasteiger partial charge in [-0.2, -0.15) is 0 Å². The third kappa shape index (κ3) is 2.75. The van der Waals surface area contributed by atoms with Crippen LogP contribution in [-0.4, -0.2) is 33.4 Å². The lowest BCUT2D eigenvalue weighted by atomic mass is 9.34. The van der Waals surface area contributed by atoms with Crippen molar-refractivity contribution < 1.29 is 24.9 Å². The van der Waals surface area contributed by atoms with Crippen molar-refractivity contribution >= 4 is 11.9 Å². The average molecular weight is 487 g/mol. The van der Waals surface area contributed by atoms with Crippen molar-refractivity contribution in [2.75, 3.05) is 0 Å². The van der Waals surface area contributed by atoms with Crippen molar-refractivity contribution in [2.45, 2.75) is 99.0 Å². The zero-order chi connectivity index (χ0) is 25.9. The van der Waals surface area contributed by atoms with Crippen molar-refractivity contribution in [1.82, 2.24) is 0 Å². The van der Waals surface area contributed by atoms with Gasteiger partial charge >= 0.3 is 11.9 Å². The number of aliphatic hydroxyl groups is 1. The molecule has 0 amide bonds. The molecule has 0 saturated heterocycles. The van der Waals surface area contributed by atoms with E-state index < -0.39 is 40.2 Å². The SMILES string of the molecule is C=C(C)C1CC[C@]2(C(=O)O)CC[C@]3(C)C(CCC4[C@]5(C)C(CC[C@]43C)C(C)(C)[C@@H](O)[C@@H]5C(=O)O)C12. The predicted molar refractivity (Wildman–Crippen MR) is 135 cm³/mol. The molecule has 5 nitrogen and oxygen atoms in total. The van der Waals surface area contributed by atoms with Crippen molar-refractivity contribution in [3.05, 3.63) is 12.2 Å². The Balaban J connectivity index is 1.62. The van der Waals surface area contributed by atoms with Gasteiger partial charge in [0.05, 0.1) is 17.4 Å². The van der Waals surface area contributed by atoms with Crippen LogP contribution in [0.2, 0.25) is 0 Å². The van der Waals surface area contributed by atoms with Crippen LogP contribution in [0.3, 0.4) is 0 Å². The van der Waals surface area contributed by atoms with Gasteiger partial charge in [0.1, 0.15) is 0 Å². The lowest BCUT2D eigenvalue weighted by Gasteiger charge is -2.70. The highest BCUT2D eigenvalue weighted by atomic mass is 16.4. The maximum absolute atomic E-state index is 12.8. The van der Waals surface area contributed by atoms with Crippen LogP contribution in [0.4, 0.5) is 0 Å². The Morgan fingerprint density at radius 2 is 1.49 bits per heavy atom. The highest BCUT2D eigenvalue weighted by molar-refractivity contribution is 5.76. The Morgan fingerprint density at radius 1 is 0.829 bits per heavy atom. The molecule has 5 saturated carbocycles. The molecule has 0 spiro atoms. The van der Waals surface area contributed by atoms with Crippen LogP contribution in [0.25, 0.3) is 0 Å². The summed E-state index contributed by atoms with van der Waals surface area (Å²) in [5.74, 6) is -1.21. The van der Waals surface area contributed by atoms with Crippen molar-refractivity contribution in [1.29, 1.82) is 0 Å². The molecule has 35 heavy (non-hydrogen) atoms. The molecule has 11 atom stereocenters. The van der Waals surface area contributed by atoms with Crippen LogP contribution in [0.1, 0.15) is 92.9 Å². The standard InChI is InChI=1S/C30H46O5/c1-16(2)17-10-13-30(25(34)35)15-14-27(5)18(21(17)30)8-9-20-28(27,6)12-11-19-26(3,4)23(31)22(24(32)33)29(19,20)7/h17-23,31H,1,8-15H2,2-7H3,(H,32,33)(H,34,35)/t17?,18?,19?,20?,21?,22-,23+,27-,28-,29+,30+/m1/s1. The summed E-state index contributed by atoms with van der Waals surface area (Å²) in [6.45, 7) is 17.5. The monoisotopic (exact) mass is 486 g/mol. The maximum atomic E-state index is 12.8. The molecule has 0 bridgehead atoms. The van der Waals surface area contributed by atoms with E-state index in [1.165, 1.54) is 0 Å². The number of allylic oxidation sites excluding steroid dienone is 1. The van der Waals surface area contributed by atoms with E-state index in [1.54, 1.807) is 0 Å². The van der Waals surface area contributed by atoms with Crippen LogP contribution < -0.4 is 0 Å². The number of fused-ring (bicyclic) bond motifs is 7. The summed E-state index contributed by atoms with van der Waals surface area (Å²) in [6.07, 6.45) is 6.24. The molecule has 5 unspecified atom stereocenters. The zero-order valence-corrected chi connectivity index (χ0v) is 22.6. The Hall–Kier alpha value is -1.36. The first-order valence-corrected chi connectivity index (χ1v) is 13.9. The highest BCUT2D eigenvalue weighted by Gasteiger charge is 2.75. The molecule has 0 aromatic heterocycles. The third-order valence-corrected chi connectivity index (χ3v) is 13.6. The van der Waals surface area contributed by atoms with Gasteiger partial charge in [-0.3, -0.25) is 9.59 Å². The summed E-state index contributed by atoms with van der Waals surface area (Å²) < 4.78 is 0. The molecular formula is C30H46O5. The lowest BCUT2D eigenvalue weighted by Crippen LogP contribution is -2.65. The number of aliphatic carboxylic acids is 2. The minimum absolute atomic E-state index is 0.0493. The number of hydrogen-bond acceptors (Lipinski definition) is 3. The number of carbonyl (C=O) groups is 2. The molecule has 5 fully saturated rings. The van der Waals surface area contributed by atoms with Crippen molar-refractivity contribution in [2.24, 2.45) is 62.6 Å². The number of aliphatic hydroxyl groups excluding tert-OH is 1. The number of carboxylic acid groups (broad SMARTS) is 2. The molecule has 0 radical (unpaired) electrons. The van der Waals surface area contributed by atoms with E-state index in [-0.39, 0.29) is 34.5 Å². The smallest absolute Gasteiger partial charge is 0.309 e. The van der Waals surface area contributed by atoms with E-state index in [1.807, 2.05) is 0 Å². The zero-order valence-electron chi connectivity index (χ0n) is 22.6. The minimum Gasteiger partial charge on any atom is -0.481 e. The second kappa shape index (κ2) is 7.36. The second-order valence-corrected chi connectivity index (χ2v) is 14.6. The summed E-state index contributed by atoms with van der Waals surface area (Å²) in [5.41, 5.74) is -0.558. The van der Waals surface area contributed by atoms with E-state index >= 15 is 0 Å². The first-order chi connectivity index (χ1) is 16.1. The van der Waals surface area contributed by atoms with Crippen LogP contribution in [0.5, 0.6) is 0 Å². The van der Waals surface area contributed by atoms with Gasteiger partial charge in [0, 0.05) is 0 Å². The number of hydrogen-bond donors (Lipinski definition) is 3. The first-order valence-electron chi connectivity index (χ1n) is 13.9. The Morgan fingerprint density at radius 3 is 2.06 bits per heavy atom. The van der Waals surface area contributed by atoms with Crippen LogP contribution in [-0.2, 0) is 9.59 Å². The summed E-state index contributed by atoms with van der Waals surface area (Å²) in [6, 6.07) is 0. The Kier molecular flexibility index (Phi) is 5.32. The summed E-state index contributed by atoms with van der Waals surface area (Å²) in [5, 5.41) is 32.2. The molecule has 5 rings (SSSR count). The molecule has 3 N–H and O–H groups in total. The molecule has 0 aromatic carbocycles. The molecule has 196 valence electrons. The van der Waals surface area contributed by atoms with Crippen molar-refractivity contribution in [3.63, 3.8) is 0 Å². The van der Waals surface area contributed by atoms with Crippen LogP contribution in [0.15, 0.2) is 12.2 Å². The Bertz CT molecular complexity index is 970. The van der Waals surface area contributed by atoms with Gasteiger partial charge in [0.15, 0.2) is 0 Å². The summed E-state index contributed by atoms with van der Waals surface area (Å²) in [7, 11) is 0. The predicted octanol–water partition coefficient (Wildman–Crippen LogP) is 6.01. The van der Waals surface area contributed by atoms with Gasteiger partial charge < -0.3 is 15.3 Å². The largest absolute Gasteiger partial charge is 0.481 e. The number of carboxylic acids is 2.